The molecule has 0 aliphatic carbocycles. The lowest BCUT2D eigenvalue weighted by molar-refractivity contribution is -0.143. The number of hydrogen-bond acceptors (Lipinski definition) is 6. The number of halogens is 1. The van der Waals surface area contributed by atoms with Gasteiger partial charge >= 0.3 is 5.97 Å². The van der Waals surface area contributed by atoms with E-state index in [-0.39, 0.29) is 5.92 Å². The van der Waals surface area contributed by atoms with Crippen LogP contribution in [0, 0.1) is 5.92 Å². The maximum Gasteiger partial charge on any atom is 0.325 e. The van der Waals surface area contributed by atoms with Crippen LogP contribution in [0.3, 0.4) is 0 Å². The van der Waals surface area contributed by atoms with Gasteiger partial charge in [0.1, 0.15) is 23.8 Å². The molecular weight excluding hydrogens is 447 g/mol. The molecule has 3 atom stereocenters. The Bertz CT molecular complexity index is 1000. The summed E-state index contributed by atoms with van der Waals surface area (Å²) in [5.41, 5.74) is 3.64. The van der Waals surface area contributed by atoms with Crippen LogP contribution in [-0.4, -0.2) is 58.9 Å². The third-order valence-corrected chi connectivity index (χ3v) is 7.34. The van der Waals surface area contributed by atoms with E-state index in [0.29, 0.717) is 32.4 Å². The number of aryl methyl sites for hydroxylation is 2. The van der Waals surface area contributed by atoms with Crippen molar-refractivity contribution >= 4 is 11.8 Å². The summed E-state index contributed by atoms with van der Waals surface area (Å²) in [5.74, 6) is 0.781. The summed E-state index contributed by atoms with van der Waals surface area (Å²) in [5, 5.41) is 13.3. The number of alkyl halides is 1. The fourth-order valence-corrected chi connectivity index (χ4v) is 5.48. The topological polar surface area (TPSA) is 87.6 Å². The van der Waals surface area contributed by atoms with Crippen LogP contribution in [0.25, 0.3) is 0 Å². The van der Waals surface area contributed by atoms with Crippen LogP contribution < -0.4 is 10.1 Å². The highest BCUT2D eigenvalue weighted by molar-refractivity contribution is 5.76. The van der Waals surface area contributed by atoms with E-state index in [9.17, 15) is 9.90 Å². The Morgan fingerprint density at radius 1 is 1.40 bits per heavy atom. The summed E-state index contributed by atoms with van der Waals surface area (Å²) in [6.07, 6.45) is 7.09. The Labute approximate surface area is 207 Å². The van der Waals surface area contributed by atoms with E-state index in [4.69, 9.17) is 9.72 Å². The number of unbranched alkanes of at least 4 members (excludes halogenated alkanes) is 1. The van der Waals surface area contributed by atoms with Crippen molar-refractivity contribution in [2.24, 2.45) is 5.92 Å². The fraction of sp³-hybridized carbons (Fsp3) is 0.593. The quantitative estimate of drug-likeness (QED) is 0.451. The average Bonchev–Trinajstić information content (AvgIpc) is 3.36. The maximum atomic E-state index is 15.1. The smallest absolute Gasteiger partial charge is 0.325 e. The Hall–Kier alpha value is -2.74. The first-order valence-electron chi connectivity index (χ1n) is 12.9. The van der Waals surface area contributed by atoms with Crippen molar-refractivity contribution in [3.63, 3.8) is 0 Å². The number of nitrogens with zero attached hydrogens (tertiary/aromatic N) is 3. The molecule has 4 rings (SSSR count). The molecule has 0 unspecified atom stereocenters. The third kappa shape index (κ3) is 5.92. The Morgan fingerprint density at radius 2 is 2.26 bits per heavy atom. The third-order valence-electron chi connectivity index (χ3n) is 7.34. The van der Waals surface area contributed by atoms with E-state index >= 15 is 4.39 Å². The zero-order chi connectivity index (χ0) is 24.8. The van der Waals surface area contributed by atoms with E-state index in [1.165, 1.54) is 0 Å². The van der Waals surface area contributed by atoms with Gasteiger partial charge in [-0.1, -0.05) is 19.4 Å². The molecule has 0 spiro atoms. The van der Waals surface area contributed by atoms with E-state index in [1.54, 1.807) is 19.4 Å². The van der Waals surface area contributed by atoms with Gasteiger partial charge in [-0.25, -0.2) is 9.37 Å². The lowest BCUT2D eigenvalue weighted by Crippen LogP contribution is -2.34. The van der Waals surface area contributed by atoms with Crippen molar-refractivity contribution < 1.29 is 19.0 Å². The second-order valence-corrected chi connectivity index (χ2v) is 9.61. The predicted molar refractivity (Wildman–Crippen MR) is 134 cm³/mol. The highest BCUT2D eigenvalue weighted by atomic mass is 19.1. The maximum absolute atomic E-state index is 15.1. The largest absolute Gasteiger partial charge is 0.496 e. The molecule has 2 aliphatic heterocycles. The fourth-order valence-electron chi connectivity index (χ4n) is 5.48. The van der Waals surface area contributed by atoms with Gasteiger partial charge in [-0.2, -0.15) is 0 Å². The minimum atomic E-state index is -0.929. The van der Waals surface area contributed by atoms with Crippen LogP contribution in [-0.2, 0) is 24.1 Å². The number of rotatable bonds is 11. The molecule has 7 nitrogen and oxygen atoms in total. The number of carbonyl (C=O) groups is 1. The molecule has 2 N–H and O–H groups in total. The molecule has 2 aromatic heterocycles. The second-order valence-electron chi connectivity index (χ2n) is 9.61. The van der Waals surface area contributed by atoms with Crippen LogP contribution in [0.4, 0.5) is 10.2 Å². The Kier molecular flexibility index (Phi) is 8.55. The van der Waals surface area contributed by atoms with Gasteiger partial charge in [-0.3, -0.25) is 14.7 Å². The van der Waals surface area contributed by atoms with Gasteiger partial charge in [0, 0.05) is 53.8 Å². The number of carboxylic acids is 1. The number of nitrogens with one attached hydrogen (secondary N) is 1. The molecule has 0 amide bonds. The number of pyridine rings is 2. The van der Waals surface area contributed by atoms with E-state index in [1.807, 2.05) is 24.0 Å². The van der Waals surface area contributed by atoms with Crippen molar-refractivity contribution in [2.45, 2.75) is 70.5 Å². The first-order valence-corrected chi connectivity index (χ1v) is 12.9. The number of ether oxygens (including phenoxy) is 1. The molecule has 4 heterocycles. The van der Waals surface area contributed by atoms with Crippen LogP contribution in [0.1, 0.15) is 67.6 Å². The lowest BCUT2D eigenvalue weighted by atomic mass is 9.97. The molecule has 2 aromatic rings. The monoisotopic (exact) mass is 484 g/mol. The van der Waals surface area contributed by atoms with Crippen molar-refractivity contribution in [3.05, 3.63) is 46.9 Å². The molecule has 0 saturated carbocycles. The summed E-state index contributed by atoms with van der Waals surface area (Å²) < 4.78 is 20.7. The van der Waals surface area contributed by atoms with Crippen molar-refractivity contribution in [3.8, 4) is 5.75 Å². The first-order chi connectivity index (χ1) is 17.0. The number of carboxylic acid groups (broad SMARTS) is 1. The Balaban J connectivity index is 1.29. The van der Waals surface area contributed by atoms with Crippen LogP contribution in [0.5, 0.6) is 5.75 Å². The number of hydrogen-bond donors (Lipinski definition) is 2. The molecule has 1 saturated heterocycles. The average molecular weight is 485 g/mol. The van der Waals surface area contributed by atoms with Gasteiger partial charge in [-0.05, 0) is 57.6 Å². The second kappa shape index (κ2) is 11.8. The molecule has 0 aromatic carbocycles. The highest BCUT2D eigenvalue weighted by Gasteiger charge is 2.37. The zero-order valence-corrected chi connectivity index (χ0v) is 20.8. The van der Waals surface area contributed by atoms with Crippen LogP contribution in [0.15, 0.2) is 24.4 Å². The molecule has 190 valence electrons. The van der Waals surface area contributed by atoms with E-state index in [0.717, 1.165) is 72.7 Å². The van der Waals surface area contributed by atoms with Gasteiger partial charge in [0.2, 0.25) is 0 Å². The van der Waals surface area contributed by atoms with Crippen molar-refractivity contribution in [1.29, 1.82) is 0 Å². The summed E-state index contributed by atoms with van der Waals surface area (Å²) >= 11 is 0. The SMILES string of the molecule is CCc1ncccc1[C@@H](C(=O)O)N1CC[C@@H]([C@H](F)CCCCc2cc(OC)c3c(n2)NCCC3)C1. The van der Waals surface area contributed by atoms with Crippen LogP contribution >= 0.6 is 0 Å². The Morgan fingerprint density at radius 3 is 3.03 bits per heavy atom. The van der Waals surface area contributed by atoms with Crippen molar-refractivity contribution in [1.82, 2.24) is 14.9 Å². The minimum Gasteiger partial charge on any atom is -0.496 e. The predicted octanol–water partition coefficient (Wildman–Crippen LogP) is 4.60. The van der Waals surface area contributed by atoms with Gasteiger partial charge in [0.15, 0.2) is 0 Å². The molecular formula is C27H37FN4O3. The minimum absolute atomic E-state index is 0.134. The molecule has 8 heteroatoms. The molecule has 1 fully saturated rings. The summed E-state index contributed by atoms with van der Waals surface area (Å²) in [7, 11) is 1.69. The zero-order valence-electron chi connectivity index (χ0n) is 20.8. The molecule has 0 bridgehead atoms. The van der Waals surface area contributed by atoms with Crippen molar-refractivity contribution in [2.75, 3.05) is 32.1 Å². The standard InChI is InChI=1S/C27H37FN4O3/c1-3-23-20(9-6-13-29-23)25(27(33)34)32-15-12-18(17-32)22(28)11-5-4-8-19-16-24(35-2)21-10-7-14-30-26(21)31-19/h6,9,13,16,18,22,25H,3-5,7-8,10-12,14-15,17H2,1-2H3,(H,30,31)(H,33,34)/t18-,22-,25+/m1/s1. The van der Waals surface area contributed by atoms with Gasteiger partial charge < -0.3 is 15.2 Å². The van der Waals surface area contributed by atoms with Crippen LogP contribution in [0.2, 0.25) is 0 Å². The van der Waals surface area contributed by atoms with Gasteiger partial charge in [0.05, 0.1) is 7.11 Å². The lowest BCUT2D eigenvalue weighted by Gasteiger charge is -2.26. The number of fused-ring (bicyclic) bond motifs is 1. The highest BCUT2D eigenvalue weighted by Crippen LogP contribution is 2.34. The number of aliphatic carboxylic acids is 1. The van der Waals surface area contributed by atoms with Gasteiger partial charge in [-0.15, -0.1) is 0 Å². The molecule has 2 aliphatic rings. The number of aromatic nitrogens is 2. The number of methoxy groups -OCH3 is 1. The summed E-state index contributed by atoms with van der Waals surface area (Å²) in [6, 6.07) is 4.86. The molecule has 0 radical (unpaired) electrons. The van der Waals surface area contributed by atoms with E-state index in [2.05, 4.69) is 10.3 Å². The number of likely N-dealkylation sites (tertiary alicyclic amines) is 1. The number of anilines is 1. The molecule has 35 heavy (non-hydrogen) atoms. The van der Waals surface area contributed by atoms with E-state index < -0.39 is 18.2 Å². The van der Waals surface area contributed by atoms with Gasteiger partial charge in [0.25, 0.3) is 0 Å². The summed E-state index contributed by atoms with van der Waals surface area (Å²) in [4.78, 5) is 23.1. The normalized spacial score (nSPS) is 19.6. The first kappa shape index (κ1) is 25.4. The summed E-state index contributed by atoms with van der Waals surface area (Å²) in [6.45, 7) is 3.95.